The molecule has 0 bridgehead atoms. The number of nitrogens with one attached hydrogen (secondary N) is 6. The molecule has 2 aliphatic heterocycles. The Labute approximate surface area is 431 Å². The Morgan fingerprint density at radius 2 is 1.42 bits per heavy atom. The SMILES string of the molecule is CNC(=O)C(CCC=O)N1C(=O)c2cccc(NCCOCCOCCOCCOCCOCCNC(=O)CN3CCN(CCCNC(=O)c4c(C)[nH]c(/C=C(\C)c5cc(F)ccc5NC=O)c4C)CC3)c2C1=O. The van der Waals surface area contributed by atoms with E-state index in [2.05, 4.69) is 41.4 Å². The molecule has 404 valence electrons. The Kier molecular flexibility index (Phi) is 24.8. The predicted molar refractivity (Wildman–Crippen MR) is 275 cm³/mol. The van der Waals surface area contributed by atoms with Crippen molar-refractivity contribution in [3.05, 3.63) is 81.4 Å². The summed E-state index contributed by atoms with van der Waals surface area (Å²) in [6.07, 6.45) is 3.88. The molecule has 3 heterocycles. The molecule has 0 aliphatic carbocycles. The summed E-state index contributed by atoms with van der Waals surface area (Å²) in [5.41, 5.74) is 5.39. The van der Waals surface area contributed by atoms with Gasteiger partial charge in [0.2, 0.25) is 18.2 Å². The zero-order chi connectivity index (χ0) is 53.2. The van der Waals surface area contributed by atoms with Crippen molar-refractivity contribution in [2.24, 2.45) is 0 Å². The van der Waals surface area contributed by atoms with Gasteiger partial charge in [0.05, 0.1) is 89.3 Å². The Balaban J connectivity index is 0.804. The number of likely N-dealkylation sites (N-methyl/N-ethyl adjacent to an activating group) is 1. The third kappa shape index (κ3) is 17.6. The number of allylic oxidation sites excluding steroid dienone is 1. The third-order valence-electron chi connectivity index (χ3n) is 12.4. The monoisotopic (exact) mass is 1030 g/mol. The number of anilines is 2. The molecule has 0 radical (unpaired) electrons. The van der Waals surface area contributed by atoms with Gasteiger partial charge >= 0.3 is 0 Å². The number of aldehydes is 1. The standard InChI is InChI=1S/C52H72FN9O12/c1-36(41-33-39(53)11-12-42(41)58-35-64)32-44-37(2)47(38(3)59-44)50(67)57-13-7-16-60-17-19-61(20-18-60)34-46(65)56-15-23-71-25-27-73-29-31-74-30-28-72-26-24-70-22-14-55-43-9-5-8-40-48(43)52(69)62(51(40)68)45(10-6-21-63)49(66)54-4/h5,8-9,11-12,21,32-33,35,45,55,59H,6-7,10,13-20,22-31,34H2,1-4H3,(H,54,66)(H,56,65)(H,57,67)(H,58,64)/b36-32+. The fourth-order valence-electron chi connectivity index (χ4n) is 8.61. The number of piperazine rings is 1. The molecule has 22 heteroatoms. The number of imide groups is 1. The van der Waals surface area contributed by atoms with Crippen LogP contribution in [0.25, 0.3) is 11.6 Å². The van der Waals surface area contributed by atoms with Crippen molar-refractivity contribution in [2.45, 2.75) is 46.1 Å². The number of ether oxygens (including phenoxy) is 5. The first-order valence-corrected chi connectivity index (χ1v) is 25.0. The lowest BCUT2D eigenvalue weighted by atomic mass is 10.0. The molecule has 74 heavy (non-hydrogen) atoms. The van der Waals surface area contributed by atoms with Crippen LogP contribution in [0.2, 0.25) is 0 Å². The van der Waals surface area contributed by atoms with Gasteiger partial charge in [0.25, 0.3) is 17.7 Å². The van der Waals surface area contributed by atoms with Gasteiger partial charge in [-0.25, -0.2) is 4.39 Å². The number of amides is 6. The van der Waals surface area contributed by atoms with Crippen LogP contribution in [0.1, 0.15) is 79.8 Å². The number of aromatic amines is 1. The number of H-pyrrole nitrogens is 1. The molecule has 2 aliphatic rings. The number of nitrogens with zero attached hydrogens (tertiary/aromatic N) is 3. The Morgan fingerprint density at radius 1 is 0.784 bits per heavy atom. The van der Waals surface area contributed by atoms with Gasteiger partial charge in [-0.3, -0.25) is 38.6 Å². The van der Waals surface area contributed by atoms with Crippen molar-refractivity contribution < 1.29 is 61.6 Å². The van der Waals surface area contributed by atoms with Crippen molar-refractivity contribution in [3.63, 3.8) is 0 Å². The van der Waals surface area contributed by atoms with Crippen molar-refractivity contribution in [2.75, 3.05) is 143 Å². The highest BCUT2D eigenvalue weighted by Crippen LogP contribution is 2.32. The molecule has 2 aromatic carbocycles. The van der Waals surface area contributed by atoms with Crippen molar-refractivity contribution in [1.29, 1.82) is 0 Å². The Bertz CT molecular complexity index is 2390. The van der Waals surface area contributed by atoms with Crippen LogP contribution in [0.3, 0.4) is 0 Å². The summed E-state index contributed by atoms with van der Waals surface area (Å²) < 4.78 is 41.9. The molecule has 0 spiro atoms. The lowest BCUT2D eigenvalue weighted by Crippen LogP contribution is -2.50. The van der Waals surface area contributed by atoms with Crippen LogP contribution in [0.4, 0.5) is 15.8 Å². The van der Waals surface area contributed by atoms with Crippen LogP contribution in [0.15, 0.2) is 36.4 Å². The summed E-state index contributed by atoms with van der Waals surface area (Å²) in [5, 5.41) is 14.2. The van der Waals surface area contributed by atoms with E-state index in [0.717, 1.165) is 66.6 Å². The van der Waals surface area contributed by atoms with Gasteiger partial charge in [0, 0.05) is 87.6 Å². The van der Waals surface area contributed by atoms with E-state index in [4.69, 9.17) is 23.7 Å². The predicted octanol–water partition coefficient (Wildman–Crippen LogP) is 2.64. The van der Waals surface area contributed by atoms with Gasteiger partial charge in [-0.15, -0.1) is 0 Å². The van der Waals surface area contributed by atoms with E-state index in [-0.39, 0.29) is 35.8 Å². The highest BCUT2D eigenvalue weighted by molar-refractivity contribution is 6.25. The van der Waals surface area contributed by atoms with E-state index in [1.165, 1.54) is 31.3 Å². The largest absolute Gasteiger partial charge is 0.382 e. The van der Waals surface area contributed by atoms with Gasteiger partial charge in [-0.1, -0.05) is 6.07 Å². The number of hydrogen-bond acceptors (Lipinski definition) is 15. The molecule has 6 amide bonds. The first-order chi connectivity index (χ1) is 35.9. The normalized spacial score (nSPS) is 14.4. The topological polar surface area (TPSA) is 251 Å². The maximum absolute atomic E-state index is 14.0. The molecule has 0 saturated carbocycles. The average molecular weight is 1030 g/mol. The molecular formula is C52H72FN9O12. The number of carbonyl (C=O) groups is 7. The average Bonchev–Trinajstić information content (AvgIpc) is 3.82. The minimum absolute atomic E-state index is 0.0273. The number of hydrogen-bond donors (Lipinski definition) is 6. The van der Waals surface area contributed by atoms with Crippen LogP contribution in [-0.2, 0) is 42.9 Å². The maximum atomic E-state index is 14.0. The maximum Gasteiger partial charge on any atom is 0.264 e. The number of aryl methyl sites for hydroxylation is 1. The van der Waals surface area contributed by atoms with E-state index in [0.29, 0.717) is 127 Å². The minimum atomic E-state index is -1.09. The van der Waals surface area contributed by atoms with E-state index in [1.807, 2.05) is 26.8 Å². The van der Waals surface area contributed by atoms with E-state index in [1.54, 1.807) is 12.1 Å². The molecular weight excluding hydrogens is 962 g/mol. The molecule has 3 aromatic rings. The van der Waals surface area contributed by atoms with Crippen molar-refractivity contribution >= 4 is 65.3 Å². The summed E-state index contributed by atoms with van der Waals surface area (Å²) in [4.78, 5) is 95.3. The van der Waals surface area contributed by atoms with Crippen LogP contribution >= 0.6 is 0 Å². The molecule has 1 fully saturated rings. The van der Waals surface area contributed by atoms with Crippen LogP contribution in [0, 0.1) is 19.7 Å². The van der Waals surface area contributed by atoms with Gasteiger partial charge < -0.3 is 64.9 Å². The lowest BCUT2D eigenvalue weighted by molar-refractivity contribution is -0.125. The lowest BCUT2D eigenvalue weighted by Gasteiger charge is -2.34. The van der Waals surface area contributed by atoms with Crippen LogP contribution < -0.4 is 26.6 Å². The van der Waals surface area contributed by atoms with Gasteiger partial charge in [-0.05, 0) is 87.7 Å². The Hall–Kier alpha value is -6.40. The highest BCUT2D eigenvalue weighted by Gasteiger charge is 2.43. The molecule has 1 atom stereocenters. The first kappa shape index (κ1) is 58.5. The van der Waals surface area contributed by atoms with E-state index in [9.17, 15) is 38.0 Å². The second-order valence-electron chi connectivity index (χ2n) is 17.6. The molecule has 5 rings (SSSR count). The Morgan fingerprint density at radius 3 is 2.05 bits per heavy atom. The van der Waals surface area contributed by atoms with E-state index >= 15 is 0 Å². The highest BCUT2D eigenvalue weighted by atomic mass is 19.1. The fourth-order valence-corrected chi connectivity index (χ4v) is 8.61. The molecule has 1 unspecified atom stereocenters. The number of halogens is 1. The second-order valence-corrected chi connectivity index (χ2v) is 17.6. The smallest absolute Gasteiger partial charge is 0.264 e. The van der Waals surface area contributed by atoms with Crippen molar-refractivity contribution in [1.82, 2.24) is 35.6 Å². The van der Waals surface area contributed by atoms with Crippen LogP contribution in [0.5, 0.6) is 0 Å². The zero-order valence-electron chi connectivity index (χ0n) is 42.9. The fraction of sp³-hybridized carbons (Fsp3) is 0.519. The quantitative estimate of drug-likeness (QED) is 0.0282. The molecule has 6 N–H and O–H groups in total. The van der Waals surface area contributed by atoms with Gasteiger partial charge in [0.1, 0.15) is 18.1 Å². The zero-order valence-corrected chi connectivity index (χ0v) is 42.9. The van der Waals surface area contributed by atoms with E-state index < -0.39 is 29.6 Å². The number of carbonyl (C=O) groups excluding carboxylic acids is 7. The summed E-state index contributed by atoms with van der Waals surface area (Å²) in [6.45, 7) is 14.9. The number of aromatic nitrogens is 1. The van der Waals surface area contributed by atoms with Crippen molar-refractivity contribution in [3.8, 4) is 0 Å². The number of rotatable bonds is 35. The molecule has 21 nitrogen and oxygen atoms in total. The third-order valence-corrected chi connectivity index (χ3v) is 12.4. The number of benzene rings is 2. The summed E-state index contributed by atoms with van der Waals surface area (Å²) in [6, 6.07) is 7.94. The molecule has 1 aromatic heterocycles. The summed E-state index contributed by atoms with van der Waals surface area (Å²) >= 11 is 0. The van der Waals surface area contributed by atoms with Crippen LogP contribution in [-0.4, -0.2) is 200 Å². The van der Waals surface area contributed by atoms with Gasteiger partial charge in [-0.2, -0.15) is 0 Å². The first-order valence-electron chi connectivity index (χ1n) is 25.0. The number of fused-ring (bicyclic) bond motifs is 1. The summed E-state index contributed by atoms with van der Waals surface area (Å²) in [5.74, 6) is -2.33. The minimum Gasteiger partial charge on any atom is -0.382 e. The van der Waals surface area contributed by atoms with Gasteiger partial charge in [0.15, 0.2) is 0 Å². The summed E-state index contributed by atoms with van der Waals surface area (Å²) in [7, 11) is 1.41. The molecule has 1 saturated heterocycles. The second kappa shape index (κ2) is 31.4.